The van der Waals surface area contributed by atoms with Gasteiger partial charge in [-0.2, -0.15) is 0 Å². The molecule has 2 unspecified atom stereocenters. The molecule has 1 aromatic carbocycles. The summed E-state index contributed by atoms with van der Waals surface area (Å²) < 4.78 is 5.61. The summed E-state index contributed by atoms with van der Waals surface area (Å²) in [7, 11) is 1.30. The second-order valence-corrected chi connectivity index (χ2v) is 7.76. The van der Waals surface area contributed by atoms with E-state index in [0.717, 1.165) is 4.47 Å². The second kappa shape index (κ2) is 11.0. The van der Waals surface area contributed by atoms with E-state index in [0.29, 0.717) is 12.1 Å². The Morgan fingerprint density at radius 3 is 2.35 bits per heavy atom. The summed E-state index contributed by atoms with van der Waals surface area (Å²) in [4.78, 5) is 36.1. The fourth-order valence-corrected chi connectivity index (χ4v) is 2.96. The maximum Gasteiger partial charge on any atom is 0.328 e. The number of methoxy groups -OCH3 is 1. The van der Waals surface area contributed by atoms with Crippen LogP contribution in [0.3, 0.4) is 0 Å². The molecule has 0 bridgehead atoms. The fraction of sp³-hybridized carbons (Fsp3) is 0.526. The standard InChI is InChI=1S/C19H27BrN2O4/c1-12(2)8-16(19(25)26-4)22-18(24)10-13(3)9-17(23)21-15-7-5-6-14(20)11-15/h5-7,11-13,16H,8-10H2,1-4H3,(H,21,23)(H,22,24). The van der Waals surface area contributed by atoms with Crippen LogP contribution in [0.25, 0.3) is 0 Å². The highest BCUT2D eigenvalue weighted by molar-refractivity contribution is 9.10. The molecule has 0 aliphatic heterocycles. The molecular weight excluding hydrogens is 400 g/mol. The van der Waals surface area contributed by atoms with Crippen LogP contribution in [0.2, 0.25) is 0 Å². The molecule has 6 nitrogen and oxygen atoms in total. The minimum atomic E-state index is -0.657. The Morgan fingerprint density at radius 2 is 1.77 bits per heavy atom. The average Bonchev–Trinajstić information content (AvgIpc) is 2.52. The molecule has 0 spiro atoms. The van der Waals surface area contributed by atoms with E-state index in [-0.39, 0.29) is 36.5 Å². The molecule has 7 heteroatoms. The quantitative estimate of drug-likeness (QED) is 0.591. The zero-order valence-electron chi connectivity index (χ0n) is 15.7. The molecule has 1 aromatic rings. The lowest BCUT2D eigenvalue weighted by molar-refractivity contribution is -0.145. The van der Waals surface area contributed by atoms with Crippen molar-refractivity contribution >= 4 is 39.4 Å². The maximum absolute atomic E-state index is 12.2. The number of esters is 1. The van der Waals surface area contributed by atoms with E-state index >= 15 is 0 Å². The van der Waals surface area contributed by atoms with Crippen molar-refractivity contribution in [3.8, 4) is 0 Å². The van der Waals surface area contributed by atoms with Gasteiger partial charge in [0.05, 0.1) is 7.11 Å². The molecule has 2 atom stereocenters. The summed E-state index contributed by atoms with van der Waals surface area (Å²) in [5.74, 6) is -0.779. The summed E-state index contributed by atoms with van der Waals surface area (Å²) in [6.45, 7) is 5.77. The number of carbonyl (C=O) groups is 3. The molecule has 0 radical (unpaired) electrons. The van der Waals surface area contributed by atoms with Gasteiger partial charge in [-0.1, -0.05) is 42.8 Å². The van der Waals surface area contributed by atoms with Gasteiger partial charge in [0.1, 0.15) is 6.04 Å². The van der Waals surface area contributed by atoms with Gasteiger partial charge in [0.15, 0.2) is 0 Å². The van der Waals surface area contributed by atoms with Crippen LogP contribution in [0.5, 0.6) is 0 Å². The van der Waals surface area contributed by atoms with E-state index in [9.17, 15) is 14.4 Å². The van der Waals surface area contributed by atoms with Crippen LogP contribution in [0.4, 0.5) is 5.69 Å². The van der Waals surface area contributed by atoms with Crippen LogP contribution in [-0.4, -0.2) is 30.9 Å². The molecular formula is C19H27BrN2O4. The first-order valence-electron chi connectivity index (χ1n) is 8.63. The number of nitrogens with one attached hydrogen (secondary N) is 2. The van der Waals surface area contributed by atoms with Crippen molar-refractivity contribution in [2.24, 2.45) is 11.8 Å². The van der Waals surface area contributed by atoms with Crippen LogP contribution in [0, 0.1) is 11.8 Å². The van der Waals surface area contributed by atoms with Gasteiger partial charge in [0.25, 0.3) is 0 Å². The van der Waals surface area contributed by atoms with Crippen LogP contribution in [0.1, 0.15) is 40.0 Å². The zero-order chi connectivity index (χ0) is 19.7. The first-order chi connectivity index (χ1) is 12.2. The third kappa shape index (κ3) is 8.47. The Morgan fingerprint density at radius 1 is 1.12 bits per heavy atom. The van der Waals surface area contributed by atoms with Gasteiger partial charge in [-0.25, -0.2) is 4.79 Å². The minimum absolute atomic E-state index is 0.153. The molecule has 0 fully saturated rings. The van der Waals surface area contributed by atoms with E-state index in [4.69, 9.17) is 4.74 Å². The largest absolute Gasteiger partial charge is 0.467 e. The Labute approximate surface area is 163 Å². The number of halogens is 1. The highest BCUT2D eigenvalue weighted by atomic mass is 79.9. The number of hydrogen-bond acceptors (Lipinski definition) is 4. The number of benzene rings is 1. The van der Waals surface area contributed by atoms with Crippen molar-refractivity contribution in [1.29, 1.82) is 0 Å². The SMILES string of the molecule is COC(=O)C(CC(C)C)NC(=O)CC(C)CC(=O)Nc1cccc(Br)c1. The Balaban J connectivity index is 2.49. The fourth-order valence-electron chi connectivity index (χ4n) is 2.56. The number of ether oxygens (including phenoxy) is 1. The van der Waals surface area contributed by atoms with Gasteiger partial charge in [0.2, 0.25) is 11.8 Å². The van der Waals surface area contributed by atoms with Crippen molar-refractivity contribution in [1.82, 2.24) is 5.32 Å². The third-order valence-electron chi connectivity index (χ3n) is 3.70. The van der Waals surface area contributed by atoms with E-state index in [2.05, 4.69) is 26.6 Å². The van der Waals surface area contributed by atoms with Gasteiger partial charge >= 0.3 is 5.97 Å². The third-order valence-corrected chi connectivity index (χ3v) is 4.20. The predicted octanol–water partition coefficient (Wildman–Crippen LogP) is 3.51. The molecule has 0 aliphatic rings. The van der Waals surface area contributed by atoms with Crippen LogP contribution < -0.4 is 10.6 Å². The van der Waals surface area contributed by atoms with Crippen LogP contribution in [-0.2, 0) is 19.1 Å². The molecule has 0 aromatic heterocycles. The maximum atomic E-state index is 12.2. The first-order valence-corrected chi connectivity index (χ1v) is 9.43. The van der Waals surface area contributed by atoms with E-state index in [1.165, 1.54) is 7.11 Å². The van der Waals surface area contributed by atoms with E-state index in [1.54, 1.807) is 6.07 Å². The summed E-state index contributed by atoms with van der Waals surface area (Å²) in [5, 5.41) is 5.52. The summed E-state index contributed by atoms with van der Waals surface area (Å²) in [6.07, 6.45) is 0.890. The number of carbonyl (C=O) groups excluding carboxylic acids is 3. The van der Waals surface area contributed by atoms with Crippen LogP contribution in [0.15, 0.2) is 28.7 Å². The molecule has 2 amide bonds. The van der Waals surface area contributed by atoms with Crippen molar-refractivity contribution < 1.29 is 19.1 Å². The highest BCUT2D eigenvalue weighted by Gasteiger charge is 2.23. The van der Waals surface area contributed by atoms with Gasteiger partial charge in [-0.3, -0.25) is 9.59 Å². The lowest BCUT2D eigenvalue weighted by Crippen LogP contribution is -2.42. The second-order valence-electron chi connectivity index (χ2n) is 6.84. The molecule has 0 heterocycles. The Bertz CT molecular complexity index is 634. The molecule has 144 valence electrons. The zero-order valence-corrected chi connectivity index (χ0v) is 17.3. The average molecular weight is 427 g/mol. The molecule has 2 N–H and O–H groups in total. The van der Waals surface area contributed by atoms with Crippen molar-refractivity contribution in [2.75, 3.05) is 12.4 Å². The van der Waals surface area contributed by atoms with Gasteiger partial charge in [-0.05, 0) is 36.5 Å². The van der Waals surface area contributed by atoms with Crippen molar-refractivity contribution in [3.05, 3.63) is 28.7 Å². The smallest absolute Gasteiger partial charge is 0.328 e. The van der Waals surface area contributed by atoms with E-state index < -0.39 is 12.0 Å². The molecule has 0 aliphatic carbocycles. The Kier molecular flexibility index (Phi) is 9.34. The number of hydrogen-bond donors (Lipinski definition) is 2. The van der Waals surface area contributed by atoms with Gasteiger partial charge in [-0.15, -0.1) is 0 Å². The molecule has 0 saturated heterocycles. The normalized spacial score (nSPS) is 13.0. The monoisotopic (exact) mass is 426 g/mol. The van der Waals surface area contributed by atoms with Crippen molar-refractivity contribution in [3.63, 3.8) is 0 Å². The first kappa shape index (κ1) is 22.2. The molecule has 1 rings (SSSR count). The topological polar surface area (TPSA) is 84.5 Å². The summed E-state index contributed by atoms with van der Waals surface area (Å²) in [6, 6.07) is 6.65. The van der Waals surface area contributed by atoms with Crippen molar-refractivity contribution in [2.45, 2.75) is 46.1 Å². The number of anilines is 1. The summed E-state index contributed by atoms with van der Waals surface area (Å²) in [5.41, 5.74) is 0.698. The lowest BCUT2D eigenvalue weighted by atomic mass is 10.0. The predicted molar refractivity (Wildman–Crippen MR) is 105 cm³/mol. The number of amides is 2. The summed E-state index contributed by atoms with van der Waals surface area (Å²) >= 11 is 3.35. The van der Waals surface area contributed by atoms with Gasteiger partial charge < -0.3 is 15.4 Å². The van der Waals surface area contributed by atoms with E-state index in [1.807, 2.05) is 39.0 Å². The van der Waals surface area contributed by atoms with Crippen LogP contribution >= 0.6 is 15.9 Å². The molecule has 26 heavy (non-hydrogen) atoms. The number of rotatable bonds is 9. The minimum Gasteiger partial charge on any atom is -0.467 e. The highest BCUT2D eigenvalue weighted by Crippen LogP contribution is 2.17. The Hall–Kier alpha value is -1.89. The molecule has 0 saturated carbocycles. The lowest BCUT2D eigenvalue weighted by Gasteiger charge is -2.19. The van der Waals surface area contributed by atoms with Gasteiger partial charge in [0, 0.05) is 23.0 Å².